The number of fused-ring (bicyclic) bond motifs is 3. The van der Waals surface area contributed by atoms with Gasteiger partial charge in [-0.2, -0.15) is 0 Å². The predicted octanol–water partition coefficient (Wildman–Crippen LogP) is 5.43. The van der Waals surface area contributed by atoms with Crippen molar-refractivity contribution in [2.75, 3.05) is 50.0 Å². The second-order valence-corrected chi connectivity index (χ2v) is 16.5. The molecule has 310 valence electrons. The summed E-state index contributed by atoms with van der Waals surface area (Å²) in [7, 11) is 0. The van der Waals surface area contributed by atoms with E-state index >= 15 is 0 Å². The zero-order chi connectivity index (χ0) is 41.8. The first-order valence-electron chi connectivity index (χ1n) is 21.1. The van der Waals surface area contributed by atoms with Crippen LogP contribution in [0.5, 0.6) is 5.88 Å². The number of nitrogens with zero attached hydrogens (tertiary/aromatic N) is 6. The number of benzene rings is 3. The van der Waals surface area contributed by atoms with Gasteiger partial charge in [0.2, 0.25) is 23.6 Å². The molecule has 5 aromatic rings. The van der Waals surface area contributed by atoms with E-state index in [1.807, 2.05) is 59.6 Å². The number of imide groups is 2. The van der Waals surface area contributed by atoms with Gasteiger partial charge in [0.15, 0.2) is 0 Å². The van der Waals surface area contributed by atoms with Crippen LogP contribution in [0.25, 0.3) is 22.0 Å². The van der Waals surface area contributed by atoms with Crippen molar-refractivity contribution in [3.63, 3.8) is 0 Å². The second kappa shape index (κ2) is 15.7. The summed E-state index contributed by atoms with van der Waals surface area (Å²) >= 11 is 0. The Labute approximate surface area is 351 Å². The van der Waals surface area contributed by atoms with Crippen molar-refractivity contribution in [3.05, 3.63) is 101 Å². The van der Waals surface area contributed by atoms with Crippen LogP contribution >= 0.6 is 0 Å². The molecular formula is C46H45N9O6. The molecule has 3 N–H and O–H groups in total. The fraction of sp³-hybridized carbons (Fsp3) is 0.348. The molecule has 10 rings (SSSR count). The number of piperidine rings is 3. The molecule has 61 heavy (non-hydrogen) atoms. The van der Waals surface area contributed by atoms with Crippen molar-refractivity contribution in [3.8, 4) is 17.0 Å². The maximum absolute atomic E-state index is 13.6. The standard InChI is InChI=1S/C46H45N9O6/c1-26-36(25-48-42-40(26)47-16-21-61-42)30-2-3-31-24-49-46(51-37(31)23-30)50-32-7-4-28(5-8-32)43(58)54-19-14-33(15-20-54)53-17-12-27(13-18-53)29-6-9-34-35(22-29)45(60)55(44(34)59)38-10-11-39(56)52-41(38)57/h2-9,22-25,27,33,38,47H,10-21H2,1H3,(H,49,50,51)(H,52,56,57). The van der Waals surface area contributed by atoms with Gasteiger partial charge >= 0.3 is 0 Å². The maximum Gasteiger partial charge on any atom is 0.262 e. The topological polar surface area (TPSA) is 179 Å². The molecule has 1 unspecified atom stereocenters. The number of likely N-dealkylation sites (tertiary alicyclic amines) is 2. The van der Waals surface area contributed by atoms with Gasteiger partial charge in [0.25, 0.3) is 17.7 Å². The van der Waals surface area contributed by atoms with E-state index in [1.165, 1.54) is 0 Å². The van der Waals surface area contributed by atoms with Crippen molar-refractivity contribution in [2.45, 2.75) is 63.5 Å². The van der Waals surface area contributed by atoms with Gasteiger partial charge in [-0.1, -0.05) is 18.2 Å². The summed E-state index contributed by atoms with van der Waals surface area (Å²) in [5.74, 6) is -0.603. The van der Waals surface area contributed by atoms with Crippen molar-refractivity contribution in [1.82, 2.24) is 35.0 Å². The van der Waals surface area contributed by atoms with Crippen LogP contribution < -0.4 is 20.7 Å². The summed E-state index contributed by atoms with van der Waals surface area (Å²) in [4.78, 5) is 83.6. The van der Waals surface area contributed by atoms with Gasteiger partial charge in [0.1, 0.15) is 18.3 Å². The first-order chi connectivity index (χ1) is 29.7. The Bertz CT molecular complexity index is 2620. The minimum atomic E-state index is -0.974. The number of pyridine rings is 1. The lowest BCUT2D eigenvalue weighted by Crippen LogP contribution is -2.54. The molecule has 3 saturated heterocycles. The van der Waals surface area contributed by atoms with E-state index in [2.05, 4.69) is 43.8 Å². The van der Waals surface area contributed by atoms with Crippen LogP contribution in [0.3, 0.4) is 0 Å². The highest BCUT2D eigenvalue weighted by Crippen LogP contribution is 2.37. The highest BCUT2D eigenvalue weighted by molar-refractivity contribution is 6.23. The molecule has 5 aliphatic heterocycles. The second-order valence-electron chi connectivity index (χ2n) is 16.5. The van der Waals surface area contributed by atoms with Crippen LogP contribution in [0.15, 0.2) is 73.1 Å². The lowest BCUT2D eigenvalue weighted by molar-refractivity contribution is -0.136. The maximum atomic E-state index is 13.6. The normalized spacial score (nSPS) is 19.9. The summed E-state index contributed by atoms with van der Waals surface area (Å²) in [6.07, 6.45) is 7.51. The molecule has 7 heterocycles. The zero-order valence-electron chi connectivity index (χ0n) is 33.8. The van der Waals surface area contributed by atoms with Gasteiger partial charge in [-0.05, 0) is 117 Å². The van der Waals surface area contributed by atoms with Crippen molar-refractivity contribution >= 4 is 57.8 Å². The molecule has 5 aliphatic rings. The summed E-state index contributed by atoms with van der Waals surface area (Å²) in [5.41, 5.74) is 7.88. The van der Waals surface area contributed by atoms with E-state index in [9.17, 15) is 24.0 Å². The Hall–Kier alpha value is -6.74. The van der Waals surface area contributed by atoms with Gasteiger partial charge in [-0.15, -0.1) is 0 Å². The lowest BCUT2D eigenvalue weighted by atomic mass is 9.86. The molecule has 0 aliphatic carbocycles. The molecule has 0 saturated carbocycles. The number of carbonyl (C=O) groups is 5. The zero-order valence-corrected chi connectivity index (χ0v) is 33.8. The summed E-state index contributed by atoms with van der Waals surface area (Å²) in [5, 5.41) is 9.87. The molecule has 1 atom stereocenters. The minimum absolute atomic E-state index is 0.0210. The predicted molar refractivity (Wildman–Crippen MR) is 227 cm³/mol. The first kappa shape index (κ1) is 38.5. The van der Waals surface area contributed by atoms with E-state index in [-0.39, 0.29) is 24.7 Å². The largest absolute Gasteiger partial charge is 0.474 e. The van der Waals surface area contributed by atoms with E-state index in [0.29, 0.717) is 54.3 Å². The van der Waals surface area contributed by atoms with E-state index in [4.69, 9.17) is 9.72 Å². The Morgan fingerprint density at radius 3 is 2.39 bits per heavy atom. The fourth-order valence-electron chi connectivity index (χ4n) is 9.55. The average Bonchev–Trinajstić information content (AvgIpc) is 3.54. The molecule has 0 bridgehead atoms. The molecule has 0 radical (unpaired) electrons. The fourth-order valence-corrected chi connectivity index (χ4v) is 9.55. The molecule has 15 nitrogen and oxygen atoms in total. The summed E-state index contributed by atoms with van der Waals surface area (Å²) in [6.45, 7) is 6.60. The van der Waals surface area contributed by atoms with E-state index in [0.717, 1.165) is 94.7 Å². The summed E-state index contributed by atoms with van der Waals surface area (Å²) in [6, 6.07) is 18.4. The Balaban J connectivity index is 0.719. The van der Waals surface area contributed by atoms with Crippen molar-refractivity contribution in [2.24, 2.45) is 0 Å². The SMILES string of the molecule is Cc1c(-c2ccc3cnc(Nc4ccc(C(=O)N5CCC(N6CCC(c7ccc8c(c7)C(=O)N(C7CCC(=O)NC7=O)C8=O)CC6)CC5)cc4)nc3c2)cnc2c1NCCO2. The third-order valence-corrected chi connectivity index (χ3v) is 13.0. The quantitative estimate of drug-likeness (QED) is 0.178. The van der Waals surface area contributed by atoms with Gasteiger partial charge in [0.05, 0.1) is 16.6 Å². The van der Waals surface area contributed by atoms with Crippen LogP contribution in [-0.2, 0) is 9.59 Å². The van der Waals surface area contributed by atoms with E-state index in [1.54, 1.807) is 12.3 Å². The number of hydrogen-bond donors (Lipinski definition) is 3. The number of anilines is 3. The summed E-state index contributed by atoms with van der Waals surface area (Å²) < 4.78 is 5.71. The molecule has 2 aromatic heterocycles. The Morgan fingerprint density at radius 1 is 0.820 bits per heavy atom. The van der Waals surface area contributed by atoms with Gasteiger partial charge in [-0.3, -0.25) is 34.2 Å². The number of ether oxygens (including phenoxy) is 1. The molecule has 15 heteroatoms. The Kier molecular flexibility index (Phi) is 9.90. The lowest BCUT2D eigenvalue weighted by Gasteiger charge is -2.42. The molecule has 5 amide bonds. The molecule has 0 spiro atoms. The van der Waals surface area contributed by atoms with Gasteiger partial charge in [-0.25, -0.2) is 15.0 Å². The number of aromatic nitrogens is 3. The van der Waals surface area contributed by atoms with Crippen molar-refractivity contribution in [1.29, 1.82) is 0 Å². The molecule has 3 fully saturated rings. The van der Waals surface area contributed by atoms with Crippen LogP contribution in [-0.4, -0.2) is 111 Å². The minimum Gasteiger partial charge on any atom is -0.474 e. The van der Waals surface area contributed by atoms with Crippen LogP contribution in [0.4, 0.5) is 17.3 Å². The molecular weight excluding hydrogens is 775 g/mol. The monoisotopic (exact) mass is 819 g/mol. The number of nitrogens with one attached hydrogen (secondary N) is 3. The van der Waals surface area contributed by atoms with Crippen molar-refractivity contribution < 1.29 is 28.7 Å². The average molecular weight is 820 g/mol. The Morgan fingerprint density at radius 2 is 1.61 bits per heavy atom. The van der Waals surface area contributed by atoms with Gasteiger partial charge in [0, 0.05) is 66.7 Å². The van der Waals surface area contributed by atoms with Crippen LogP contribution in [0.1, 0.15) is 86.6 Å². The molecule has 3 aromatic carbocycles. The van der Waals surface area contributed by atoms with E-state index < -0.39 is 29.7 Å². The van der Waals surface area contributed by atoms with Crippen LogP contribution in [0.2, 0.25) is 0 Å². The third kappa shape index (κ3) is 7.22. The number of amides is 5. The first-order valence-corrected chi connectivity index (χ1v) is 21.1. The highest BCUT2D eigenvalue weighted by atomic mass is 16.5. The van der Waals surface area contributed by atoms with Crippen LogP contribution in [0, 0.1) is 6.92 Å². The number of carbonyl (C=O) groups excluding carboxylic acids is 5. The highest BCUT2D eigenvalue weighted by Gasteiger charge is 2.45. The van der Waals surface area contributed by atoms with Gasteiger partial charge < -0.3 is 25.2 Å². The smallest absolute Gasteiger partial charge is 0.262 e. The number of hydrogen-bond acceptors (Lipinski definition) is 12. The number of rotatable bonds is 7. The third-order valence-electron chi connectivity index (χ3n) is 13.0.